The van der Waals surface area contributed by atoms with E-state index < -0.39 is 9.84 Å². The molecule has 1 saturated carbocycles. The van der Waals surface area contributed by atoms with Crippen molar-refractivity contribution in [2.45, 2.75) is 56.7 Å². The van der Waals surface area contributed by atoms with Crippen LogP contribution in [-0.2, 0) is 16.3 Å². The molecule has 0 aromatic heterocycles. The Morgan fingerprint density at radius 1 is 1.14 bits per heavy atom. The van der Waals surface area contributed by atoms with E-state index in [1.165, 1.54) is 12.0 Å². The van der Waals surface area contributed by atoms with Gasteiger partial charge in [0.05, 0.1) is 11.0 Å². The number of aryl methyl sites for hydroxylation is 1. The van der Waals surface area contributed by atoms with E-state index in [-0.39, 0.29) is 17.0 Å². The van der Waals surface area contributed by atoms with E-state index in [4.69, 9.17) is 0 Å². The SMILES string of the molecule is CCc1ccc(C(CS(=O)(=O)C2CCCCC2)NC)cc1. The van der Waals surface area contributed by atoms with Gasteiger partial charge in [0, 0.05) is 6.04 Å². The summed E-state index contributed by atoms with van der Waals surface area (Å²) in [6.07, 6.45) is 5.98. The second-order valence-corrected chi connectivity index (χ2v) is 8.35. The Labute approximate surface area is 129 Å². The van der Waals surface area contributed by atoms with Crippen molar-refractivity contribution in [3.8, 4) is 0 Å². The van der Waals surface area contributed by atoms with Crippen LogP contribution in [0.5, 0.6) is 0 Å². The number of nitrogens with one attached hydrogen (secondary N) is 1. The molecule has 1 atom stereocenters. The van der Waals surface area contributed by atoms with Gasteiger partial charge in [-0.1, -0.05) is 50.5 Å². The summed E-state index contributed by atoms with van der Waals surface area (Å²) in [5, 5.41) is 3.04. The normalized spacial score (nSPS) is 18.6. The molecule has 0 heterocycles. The molecular weight excluding hydrogens is 282 g/mol. The second kappa shape index (κ2) is 7.41. The summed E-state index contributed by atoms with van der Waals surface area (Å²) in [7, 11) is -1.18. The van der Waals surface area contributed by atoms with E-state index in [2.05, 4.69) is 36.5 Å². The molecule has 4 heteroatoms. The van der Waals surface area contributed by atoms with E-state index in [1.807, 2.05) is 7.05 Å². The lowest BCUT2D eigenvalue weighted by Crippen LogP contribution is -2.32. The predicted octanol–water partition coefficient (Wildman–Crippen LogP) is 3.26. The molecule has 0 bridgehead atoms. The smallest absolute Gasteiger partial charge is 0.155 e. The van der Waals surface area contributed by atoms with Crippen molar-refractivity contribution in [2.75, 3.05) is 12.8 Å². The molecule has 1 aromatic rings. The molecule has 21 heavy (non-hydrogen) atoms. The van der Waals surface area contributed by atoms with Gasteiger partial charge in [-0.2, -0.15) is 0 Å². The predicted molar refractivity (Wildman–Crippen MR) is 88.3 cm³/mol. The number of sulfone groups is 1. The summed E-state index contributed by atoms with van der Waals surface area (Å²) in [6, 6.07) is 8.18. The topological polar surface area (TPSA) is 46.2 Å². The van der Waals surface area contributed by atoms with Crippen molar-refractivity contribution in [1.29, 1.82) is 0 Å². The van der Waals surface area contributed by atoms with Crippen LogP contribution >= 0.6 is 0 Å². The first-order valence-electron chi connectivity index (χ1n) is 8.04. The number of benzene rings is 1. The molecule has 0 amide bonds. The van der Waals surface area contributed by atoms with Gasteiger partial charge in [-0.15, -0.1) is 0 Å². The monoisotopic (exact) mass is 309 g/mol. The quantitative estimate of drug-likeness (QED) is 0.877. The molecule has 118 valence electrons. The Hall–Kier alpha value is -0.870. The minimum absolute atomic E-state index is 0.108. The highest BCUT2D eigenvalue weighted by atomic mass is 32.2. The van der Waals surface area contributed by atoms with Gasteiger partial charge in [0.25, 0.3) is 0 Å². The highest BCUT2D eigenvalue weighted by Gasteiger charge is 2.29. The average molecular weight is 309 g/mol. The Bertz CT molecular complexity index is 530. The van der Waals surface area contributed by atoms with Gasteiger partial charge in [0.1, 0.15) is 0 Å². The molecule has 1 N–H and O–H groups in total. The zero-order chi connectivity index (χ0) is 15.3. The van der Waals surface area contributed by atoms with Crippen LogP contribution in [0.15, 0.2) is 24.3 Å². The number of rotatable bonds is 6. The Morgan fingerprint density at radius 3 is 2.29 bits per heavy atom. The minimum atomic E-state index is -3.02. The molecule has 0 spiro atoms. The van der Waals surface area contributed by atoms with E-state index in [9.17, 15) is 8.42 Å². The molecule has 1 aromatic carbocycles. The Balaban J connectivity index is 2.09. The zero-order valence-electron chi connectivity index (χ0n) is 13.1. The van der Waals surface area contributed by atoms with Gasteiger partial charge in [-0.3, -0.25) is 0 Å². The highest BCUT2D eigenvalue weighted by Crippen LogP contribution is 2.27. The van der Waals surface area contributed by atoms with Crippen molar-refractivity contribution in [1.82, 2.24) is 5.32 Å². The summed E-state index contributed by atoms with van der Waals surface area (Å²) in [4.78, 5) is 0. The van der Waals surface area contributed by atoms with Crippen LogP contribution in [0.4, 0.5) is 0 Å². The Morgan fingerprint density at radius 2 is 1.76 bits per heavy atom. The van der Waals surface area contributed by atoms with Crippen LogP contribution in [0.3, 0.4) is 0 Å². The van der Waals surface area contributed by atoms with Gasteiger partial charge in [0.15, 0.2) is 9.84 Å². The maximum atomic E-state index is 12.6. The van der Waals surface area contributed by atoms with Crippen LogP contribution in [0, 0.1) is 0 Å². The first-order valence-corrected chi connectivity index (χ1v) is 9.76. The number of hydrogen-bond donors (Lipinski definition) is 1. The maximum absolute atomic E-state index is 12.6. The first-order chi connectivity index (χ1) is 10.1. The molecular formula is C17H27NO2S. The van der Waals surface area contributed by atoms with Crippen molar-refractivity contribution in [2.24, 2.45) is 0 Å². The van der Waals surface area contributed by atoms with Gasteiger partial charge < -0.3 is 5.32 Å². The molecule has 1 aliphatic carbocycles. The van der Waals surface area contributed by atoms with Crippen molar-refractivity contribution in [3.63, 3.8) is 0 Å². The number of hydrogen-bond acceptors (Lipinski definition) is 3. The summed E-state index contributed by atoms with van der Waals surface area (Å²) in [5.41, 5.74) is 2.35. The molecule has 1 fully saturated rings. The van der Waals surface area contributed by atoms with E-state index in [0.29, 0.717) is 0 Å². The zero-order valence-corrected chi connectivity index (χ0v) is 14.0. The highest BCUT2D eigenvalue weighted by molar-refractivity contribution is 7.92. The molecule has 0 aliphatic heterocycles. The fourth-order valence-corrected chi connectivity index (χ4v) is 5.27. The van der Waals surface area contributed by atoms with E-state index >= 15 is 0 Å². The summed E-state index contributed by atoms with van der Waals surface area (Å²) < 4.78 is 25.2. The lowest BCUT2D eigenvalue weighted by Gasteiger charge is -2.25. The van der Waals surface area contributed by atoms with Gasteiger partial charge in [0.2, 0.25) is 0 Å². The van der Waals surface area contributed by atoms with Gasteiger partial charge in [-0.05, 0) is 37.4 Å². The molecule has 1 unspecified atom stereocenters. The van der Waals surface area contributed by atoms with Gasteiger partial charge >= 0.3 is 0 Å². The minimum Gasteiger partial charge on any atom is -0.312 e. The van der Waals surface area contributed by atoms with Crippen LogP contribution in [0.2, 0.25) is 0 Å². The maximum Gasteiger partial charge on any atom is 0.155 e. The third-order valence-corrected chi connectivity index (χ3v) is 6.88. The van der Waals surface area contributed by atoms with Crippen LogP contribution in [-0.4, -0.2) is 26.5 Å². The van der Waals surface area contributed by atoms with Crippen LogP contribution in [0.1, 0.15) is 56.2 Å². The standard InChI is InChI=1S/C17H27NO2S/c1-3-14-9-11-15(12-10-14)17(18-2)13-21(19,20)16-7-5-4-6-8-16/h9-12,16-18H,3-8,13H2,1-2H3. The van der Waals surface area contributed by atoms with Crippen molar-refractivity contribution < 1.29 is 8.42 Å². The van der Waals surface area contributed by atoms with E-state index in [1.54, 1.807) is 0 Å². The Kier molecular flexibility index (Phi) is 5.82. The average Bonchev–Trinajstić information content (AvgIpc) is 2.53. The van der Waals surface area contributed by atoms with Crippen molar-refractivity contribution >= 4 is 9.84 Å². The fourth-order valence-electron chi connectivity index (χ4n) is 3.12. The lowest BCUT2D eigenvalue weighted by molar-refractivity contribution is 0.479. The first kappa shape index (κ1) is 16.5. The summed E-state index contributed by atoms with van der Waals surface area (Å²) in [5.74, 6) is 0.208. The van der Waals surface area contributed by atoms with Crippen LogP contribution < -0.4 is 5.32 Å². The third kappa shape index (κ3) is 4.30. The molecule has 0 radical (unpaired) electrons. The fraction of sp³-hybridized carbons (Fsp3) is 0.647. The second-order valence-electron chi connectivity index (χ2n) is 6.03. The third-order valence-electron chi connectivity index (χ3n) is 4.60. The molecule has 3 nitrogen and oxygen atoms in total. The summed E-state index contributed by atoms with van der Waals surface area (Å²) >= 11 is 0. The lowest BCUT2D eigenvalue weighted by atomic mass is 10.0. The molecule has 2 rings (SSSR count). The summed E-state index contributed by atoms with van der Waals surface area (Å²) in [6.45, 7) is 2.12. The van der Waals surface area contributed by atoms with Gasteiger partial charge in [-0.25, -0.2) is 8.42 Å². The largest absolute Gasteiger partial charge is 0.312 e. The molecule has 0 saturated heterocycles. The van der Waals surface area contributed by atoms with Crippen LogP contribution in [0.25, 0.3) is 0 Å². The van der Waals surface area contributed by atoms with Crippen molar-refractivity contribution in [3.05, 3.63) is 35.4 Å². The molecule has 1 aliphatic rings. The van der Waals surface area contributed by atoms with E-state index in [0.717, 1.165) is 37.7 Å².